The Kier molecular flexibility index (Phi) is 12.8. The molecule has 0 aliphatic carbocycles. The molecule has 1 heterocycles. The van der Waals surface area contributed by atoms with E-state index >= 15 is 0 Å². The molecule has 3 rings (SSSR count). The van der Waals surface area contributed by atoms with Crippen LogP contribution in [-0.2, 0) is 23.9 Å². The van der Waals surface area contributed by atoms with Gasteiger partial charge in [0.2, 0.25) is 11.8 Å². The monoisotopic (exact) mass is 613 g/mol. The van der Waals surface area contributed by atoms with Crippen molar-refractivity contribution in [2.45, 2.75) is 50.4 Å². The summed E-state index contributed by atoms with van der Waals surface area (Å²) in [6, 6.07) is 19.2. The van der Waals surface area contributed by atoms with E-state index in [-0.39, 0.29) is 19.4 Å². The van der Waals surface area contributed by atoms with Gasteiger partial charge in [-0.3, -0.25) is 14.4 Å². The number of rotatable bonds is 15. The third kappa shape index (κ3) is 11.1. The van der Waals surface area contributed by atoms with Crippen molar-refractivity contribution in [3.8, 4) is 11.1 Å². The topological polar surface area (TPSA) is 153 Å². The van der Waals surface area contributed by atoms with Crippen LogP contribution in [0.25, 0.3) is 11.1 Å². The van der Waals surface area contributed by atoms with E-state index in [0.717, 1.165) is 11.1 Å². The molecule has 0 bridgehead atoms. The van der Waals surface area contributed by atoms with E-state index in [1.54, 1.807) is 42.6 Å². The van der Waals surface area contributed by atoms with Crippen molar-refractivity contribution in [1.29, 1.82) is 0 Å². The molecule has 2 aromatic carbocycles. The number of carbonyl (C=O) groups is 4. The fraction of sp³-hybridized carbons (Fsp3) is 0.323. The molecule has 2 atom stereocenters. The van der Waals surface area contributed by atoms with Gasteiger partial charge in [0.1, 0.15) is 11.9 Å². The number of carbonyl (C=O) groups excluding carboxylic acids is 4. The summed E-state index contributed by atoms with van der Waals surface area (Å²) in [4.78, 5) is 53.7. The minimum Gasteiger partial charge on any atom is -0.386 e. The third-order valence-corrected chi connectivity index (χ3v) is 6.45. The highest BCUT2D eigenvalue weighted by Gasteiger charge is 2.42. The highest BCUT2D eigenvalue weighted by molar-refractivity contribution is 5.90. The van der Waals surface area contributed by atoms with Crippen molar-refractivity contribution < 1.29 is 37.1 Å². The van der Waals surface area contributed by atoms with Crippen LogP contribution in [0.15, 0.2) is 79.0 Å². The molecule has 10 nitrogen and oxygen atoms in total. The Morgan fingerprint density at radius 2 is 1.55 bits per heavy atom. The van der Waals surface area contributed by atoms with E-state index in [1.165, 1.54) is 0 Å². The molecule has 0 spiro atoms. The van der Waals surface area contributed by atoms with Gasteiger partial charge in [-0.1, -0.05) is 60.7 Å². The Morgan fingerprint density at radius 1 is 0.864 bits per heavy atom. The van der Waals surface area contributed by atoms with E-state index in [2.05, 4.69) is 25.7 Å². The first kappa shape index (κ1) is 33.7. The quantitative estimate of drug-likeness (QED) is 0.114. The lowest BCUT2D eigenvalue weighted by Gasteiger charge is -2.24. The van der Waals surface area contributed by atoms with Crippen LogP contribution < -0.4 is 21.7 Å². The first-order valence-electron chi connectivity index (χ1n) is 14.0. The Hall–Kier alpha value is -4.78. The number of nitrogens with one attached hydrogen (secondary N) is 3. The average molecular weight is 614 g/mol. The number of benzene rings is 2. The van der Waals surface area contributed by atoms with Crippen molar-refractivity contribution in [1.82, 2.24) is 15.6 Å². The van der Waals surface area contributed by atoms with E-state index < -0.39 is 48.4 Å². The van der Waals surface area contributed by atoms with Crippen LogP contribution in [-0.4, -0.2) is 54.0 Å². The number of amides is 2. The molecule has 1 unspecified atom stereocenters. The summed E-state index contributed by atoms with van der Waals surface area (Å²) >= 11 is 0. The molecular formula is C31H34F3N5O5. The third-order valence-electron chi connectivity index (χ3n) is 6.45. The first-order chi connectivity index (χ1) is 21.1. The minimum atomic E-state index is -5.36. The first-order valence-corrected chi connectivity index (χ1v) is 14.0. The highest BCUT2D eigenvalue weighted by atomic mass is 19.4. The van der Waals surface area contributed by atoms with Crippen molar-refractivity contribution in [2.24, 2.45) is 5.73 Å². The lowest BCUT2D eigenvalue weighted by atomic mass is 9.98. The molecule has 234 valence electrons. The number of pyridine rings is 1. The lowest BCUT2D eigenvalue weighted by Crippen LogP contribution is -2.48. The zero-order valence-electron chi connectivity index (χ0n) is 23.8. The summed E-state index contributed by atoms with van der Waals surface area (Å²) in [5.41, 5.74) is 7.71. The van der Waals surface area contributed by atoms with Gasteiger partial charge in [-0.25, -0.2) is 9.78 Å². The van der Waals surface area contributed by atoms with Crippen LogP contribution in [0, 0.1) is 0 Å². The molecule has 1 aromatic heterocycles. The summed E-state index contributed by atoms with van der Waals surface area (Å²) in [5, 5.41) is 8.39. The normalized spacial score (nSPS) is 12.5. The van der Waals surface area contributed by atoms with Gasteiger partial charge in [-0.2, -0.15) is 13.2 Å². The van der Waals surface area contributed by atoms with Crippen molar-refractivity contribution in [3.63, 3.8) is 0 Å². The number of ether oxygens (including phenoxy) is 1. The Balaban J connectivity index is 1.70. The van der Waals surface area contributed by atoms with E-state index in [0.29, 0.717) is 30.8 Å². The van der Waals surface area contributed by atoms with Crippen LogP contribution in [0.1, 0.15) is 43.7 Å². The van der Waals surface area contributed by atoms with E-state index in [4.69, 9.17) is 5.73 Å². The van der Waals surface area contributed by atoms with Crippen molar-refractivity contribution in [3.05, 3.63) is 84.6 Å². The highest BCUT2D eigenvalue weighted by Crippen LogP contribution is 2.25. The molecule has 13 heteroatoms. The summed E-state index contributed by atoms with van der Waals surface area (Å²) in [7, 11) is 0. The number of nitrogens with two attached hydrogens (primary N) is 1. The molecule has 0 fully saturated rings. The van der Waals surface area contributed by atoms with Gasteiger partial charge in [0.05, 0.1) is 12.5 Å². The van der Waals surface area contributed by atoms with E-state index in [1.807, 2.05) is 36.4 Å². The molecular weight excluding hydrogens is 579 g/mol. The lowest BCUT2D eigenvalue weighted by molar-refractivity contribution is -0.202. The van der Waals surface area contributed by atoms with Gasteiger partial charge in [0, 0.05) is 19.2 Å². The van der Waals surface area contributed by atoms with Crippen LogP contribution >= 0.6 is 0 Å². The molecule has 2 amide bonds. The smallest absolute Gasteiger partial charge is 0.386 e. The predicted octanol–water partition coefficient (Wildman–Crippen LogP) is 4.04. The van der Waals surface area contributed by atoms with Gasteiger partial charge >= 0.3 is 18.1 Å². The number of aromatic nitrogens is 1. The van der Waals surface area contributed by atoms with Crippen LogP contribution in [0.4, 0.5) is 19.0 Å². The minimum absolute atomic E-state index is 0.0997. The maximum Gasteiger partial charge on any atom is 0.491 e. The molecule has 5 N–H and O–H groups in total. The maximum absolute atomic E-state index is 13.3. The van der Waals surface area contributed by atoms with Gasteiger partial charge in [0.15, 0.2) is 0 Å². The molecule has 0 aliphatic heterocycles. The van der Waals surface area contributed by atoms with E-state index in [9.17, 15) is 32.3 Å². The maximum atomic E-state index is 13.3. The number of hydrogen-bond acceptors (Lipinski definition) is 8. The Bertz CT molecular complexity index is 1370. The van der Waals surface area contributed by atoms with Crippen LogP contribution in [0.5, 0.6) is 0 Å². The summed E-state index contributed by atoms with van der Waals surface area (Å²) in [5.74, 6) is -4.55. The second kappa shape index (κ2) is 16.8. The molecule has 0 aliphatic rings. The second-order valence-corrected chi connectivity index (χ2v) is 9.81. The molecule has 44 heavy (non-hydrogen) atoms. The van der Waals surface area contributed by atoms with Gasteiger partial charge in [-0.05, 0) is 54.6 Å². The number of hydrogen-bond donors (Lipinski definition) is 4. The fourth-order valence-corrected chi connectivity index (χ4v) is 4.22. The standard InChI is InChI=1S/C31H34F3N5O5/c32-31(33,34)30(43)44-28(41)20-25(23-15-13-22(14-16-23)21-8-2-1-3-9-21)39-29(42)24(10-6-17-35)38-27(40)12-7-19-37-26-11-4-5-18-36-26/h1-5,8-9,11,13-16,18,24-25H,6-7,10,12,17,19-20,35H2,(H,36,37)(H,38,40)(H,39,42)/t24-,25?/m1/s1. The summed E-state index contributed by atoms with van der Waals surface area (Å²) < 4.78 is 42.0. The zero-order valence-corrected chi connectivity index (χ0v) is 23.8. The number of halogens is 3. The van der Waals surface area contributed by atoms with Crippen LogP contribution in [0.2, 0.25) is 0 Å². The molecule has 0 saturated carbocycles. The predicted molar refractivity (Wildman–Crippen MR) is 157 cm³/mol. The largest absolute Gasteiger partial charge is 0.491 e. The molecule has 3 aromatic rings. The summed E-state index contributed by atoms with van der Waals surface area (Å²) in [6.45, 7) is 0.702. The Morgan fingerprint density at radius 3 is 2.18 bits per heavy atom. The number of alkyl halides is 3. The molecule has 0 radical (unpaired) electrons. The number of esters is 2. The number of nitrogens with zero attached hydrogens (tertiary/aromatic N) is 1. The van der Waals surface area contributed by atoms with Gasteiger partial charge in [0.25, 0.3) is 0 Å². The fourth-order valence-electron chi connectivity index (χ4n) is 4.22. The SMILES string of the molecule is NCCC[C@@H](NC(=O)CCCNc1ccccn1)C(=O)NC(CC(=O)OC(=O)C(F)(F)F)c1ccc(-c2ccccc2)cc1. The molecule has 0 saturated heterocycles. The van der Waals surface area contributed by atoms with Crippen molar-refractivity contribution in [2.75, 3.05) is 18.4 Å². The van der Waals surface area contributed by atoms with Gasteiger partial charge in [-0.15, -0.1) is 0 Å². The zero-order chi connectivity index (χ0) is 32.0. The van der Waals surface area contributed by atoms with Crippen LogP contribution in [0.3, 0.4) is 0 Å². The summed E-state index contributed by atoms with van der Waals surface area (Å²) in [6.07, 6.45) is -3.39. The number of anilines is 1. The van der Waals surface area contributed by atoms with Crippen molar-refractivity contribution >= 4 is 29.6 Å². The average Bonchev–Trinajstić information content (AvgIpc) is 3.01. The second-order valence-electron chi connectivity index (χ2n) is 9.81. The van der Waals surface area contributed by atoms with Gasteiger partial charge < -0.3 is 26.4 Å². The Labute approximate surface area is 252 Å².